The highest BCUT2D eigenvalue weighted by Crippen LogP contribution is 2.22. The van der Waals surface area contributed by atoms with Gasteiger partial charge in [-0.2, -0.15) is 5.26 Å². The highest BCUT2D eigenvalue weighted by Gasteiger charge is 2.27. The number of rotatable bonds is 1. The Morgan fingerprint density at radius 3 is 3.06 bits per heavy atom. The summed E-state index contributed by atoms with van der Waals surface area (Å²) in [5.41, 5.74) is 0.719. The number of nitrogens with zero attached hydrogens (tertiary/aromatic N) is 2. The van der Waals surface area contributed by atoms with Crippen LogP contribution in [0.5, 0.6) is 0 Å². The van der Waals surface area contributed by atoms with E-state index in [0.717, 1.165) is 27.7 Å². The minimum atomic E-state index is -0.237. The lowest BCUT2D eigenvalue weighted by molar-refractivity contribution is 0.0671. The summed E-state index contributed by atoms with van der Waals surface area (Å²) in [4.78, 5) is 13.9. The van der Waals surface area contributed by atoms with Gasteiger partial charge in [0, 0.05) is 11.9 Å². The predicted octanol–water partition coefficient (Wildman–Crippen LogP) is 2.87. The van der Waals surface area contributed by atoms with Crippen LogP contribution in [0.4, 0.5) is 0 Å². The van der Waals surface area contributed by atoms with Crippen molar-refractivity contribution in [2.24, 2.45) is 0 Å². The monoisotopic (exact) mass is 346 g/mol. The molecule has 1 aliphatic rings. The van der Waals surface area contributed by atoms with E-state index in [9.17, 15) is 4.79 Å². The predicted molar refractivity (Wildman–Crippen MR) is 71.3 cm³/mol. The average Bonchev–Trinajstić information content (AvgIpc) is 2.75. The Morgan fingerprint density at radius 1 is 1.62 bits per heavy atom. The van der Waals surface area contributed by atoms with Gasteiger partial charge in [-0.15, -0.1) is 11.3 Å². The molecule has 5 heteroatoms. The quantitative estimate of drug-likeness (QED) is 0.734. The van der Waals surface area contributed by atoms with Gasteiger partial charge in [-0.1, -0.05) is 0 Å². The molecule has 2 rings (SSSR count). The van der Waals surface area contributed by atoms with Crippen LogP contribution in [0, 0.1) is 14.2 Å². The first-order chi connectivity index (χ1) is 7.72. The third-order valence-electron chi connectivity index (χ3n) is 2.73. The molecule has 0 bridgehead atoms. The van der Waals surface area contributed by atoms with Crippen molar-refractivity contribution in [3.05, 3.63) is 19.9 Å². The van der Waals surface area contributed by atoms with Gasteiger partial charge < -0.3 is 4.90 Å². The van der Waals surface area contributed by atoms with Gasteiger partial charge in [-0.3, -0.25) is 4.79 Å². The van der Waals surface area contributed by atoms with E-state index in [1.54, 1.807) is 16.2 Å². The normalized spacial score (nSPS) is 20.5. The van der Waals surface area contributed by atoms with Gasteiger partial charge >= 0.3 is 0 Å². The van der Waals surface area contributed by atoms with Crippen LogP contribution in [0.3, 0.4) is 0 Å². The molecule has 0 aliphatic carbocycles. The first kappa shape index (κ1) is 11.9. The van der Waals surface area contributed by atoms with Gasteiger partial charge in [0.25, 0.3) is 5.91 Å². The smallest absolute Gasteiger partial charge is 0.255 e. The van der Waals surface area contributed by atoms with Crippen LogP contribution in [0.2, 0.25) is 0 Å². The molecule has 0 N–H and O–H groups in total. The molecule has 16 heavy (non-hydrogen) atoms. The van der Waals surface area contributed by atoms with Crippen LogP contribution in [0.15, 0.2) is 11.4 Å². The van der Waals surface area contributed by atoms with E-state index >= 15 is 0 Å². The maximum Gasteiger partial charge on any atom is 0.255 e. The summed E-state index contributed by atoms with van der Waals surface area (Å²) in [7, 11) is 0. The molecule has 1 saturated heterocycles. The Morgan fingerprint density at radius 2 is 2.44 bits per heavy atom. The Kier molecular flexibility index (Phi) is 3.82. The highest BCUT2D eigenvalue weighted by molar-refractivity contribution is 14.1. The number of likely N-dealkylation sites (tertiary alicyclic amines) is 1. The van der Waals surface area contributed by atoms with Crippen molar-refractivity contribution >= 4 is 39.8 Å². The SMILES string of the molecule is N#CC1CCCCN1C(=O)c1csc(I)c1. The second kappa shape index (κ2) is 5.15. The van der Waals surface area contributed by atoms with Crippen LogP contribution >= 0.6 is 33.9 Å². The summed E-state index contributed by atoms with van der Waals surface area (Å²) in [6.45, 7) is 0.712. The molecule has 1 amide bonds. The summed E-state index contributed by atoms with van der Waals surface area (Å²) in [5.74, 6) is 0.00501. The number of hydrogen-bond acceptors (Lipinski definition) is 3. The summed E-state index contributed by atoms with van der Waals surface area (Å²) in [5, 5.41) is 10.9. The minimum absolute atomic E-state index is 0.00501. The molecule has 2 heterocycles. The number of hydrogen-bond donors (Lipinski definition) is 0. The van der Waals surface area contributed by atoms with Crippen molar-refractivity contribution in [1.82, 2.24) is 4.90 Å². The zero-order valence-corrected chi connectivity index (χ0v) is 11.6. The van der Waals surface area contributed by atoms with Gasteiger partial charge in [-0.25, -0.2) is 0 Å². The van der Waals surface area contributed by atoms with Gasteiger partial charge in [0.15, 0.2) is 0 Å². The first-order valence-electron chi connectivity index (χ1n) is 5.17. The Hall–Kier alpha value is -0.610. The minimum Gasteiger partial charge on any atom is -0.323 e. The molecule has 3 nitrogen and oxygen atoms in total. The summed E-state index contributed by atoms with van der Waals surface area (Å²) in [6.07, 6.45) is 2.86. The summed E-state index contributed by atoms with van der Waals surface area (Å²) < 4.78 is 1.10. The number of carbonyl (C=O) groups excluding carboxylic acids is 1. The molecule has 1 fully saturated rings. The third kappa shape index (κ3) is 2.38. The zero-order chi connectivity index (χ0) is 11.5. The van der Waals surface area contributed by atoms with E-state index in [2.05, 4.69) is 28.7 Å². The van der Waals surface area contributed by atoms with Gasteiger partial charge in [0.1, 0.15) is 6.04 Å². The van der Waals surface area contributed by atoms with Crippen molar-refractivity contribution < 1.29 is 4.79 Å². The van der Waals surface area contributed by atoms with Crippen LogP contribution in [0.1, 0.15) is 29.6 Å². The second-order valence-electron chi connectivity index (χ2n) is 3.78. The van der Waals surface area contributed by atoms with Gasteiger partial charge in [0.05, 0.1) is 14.5 Å². The number of amides is 1. The number of carbonyl (C=O) groups is 1. The lowest BCUT2D eigenvalue weighted by atomic mass is 10.0. The number of halogens is 1. The van der Waals surface area contributed by atoms with Crippen molar-refractivity contribution in [2.45, 2.75) is 25.3 Å². The topological polar surface area (TPSA) is 44.1 Å². The molecule has 1 aromatic heterocycles. The van der Waals surface area contributed by atoms with E-state index in [1.165, 1.54) is 0 Å². The third-order valence-corrected chi connectivity index (χ3v) is 4.52. The Labute approximate surface area is 112 Å². The molecule has 0 radical (unpaired) electrons. The van der Waals surface area contributed by atoms with Crippen LogP contribution in [0.25, 0.3) is 0 Å². The molecule has 1 aliphatic heterocycles. The molecular formula is C11H11IN2OS. The molecule has 1 aromatic rings. The van der Waals surface area contributed by atoms with Crippen LogP contribution in [-0.2, 0) is 0 Å². The van der Waals surface area contributed by atoms with Gasteiger partial charge in [0.2, 0.25) is 0 Å². The standard InChI is InChI=1S/C11H11IN2OS/c12-10-5-8(7-16-10)11(15)14-4-2-1-3-9(14)6-13/h5,7,9H,1-4H2. The van der Waals surface area contributed by atoms with E-state index in [-0.39, 0.29) is 11.9 Å². The lowest BCUT2D eigenvalue weighted by Crippen LogP contribution is -2.42. The fraction of sp³-hybridized carbons (Fsp3) is 0.455. The average molecular weight is 346 g/mol. The zero-order valence-electron chi connectivity index (χ0n) is 8.65. The van der Waals surface area contributed by atoms with Crippen molar-refractivity contribution in [3.63, 3.8) is 0 Å². The molecule has 1 atom stereocenters. The van der Waals surface area contributed by atoms with E-state index in [0.29, 0.717) is 6.54 Å². The maximum absolute atomic E-state index is 12.2. The molecule has 0 aromatic carbocycles. The molecule has 84 valence electrons. The fourth-order valence-corrected chi connectivity index (χ4v) is 3.22. The summed E-state index contributed by atoms with van der Waals surface area (Å²) >= 11 is 3.76. The van der Waals surface area contributed by atoms with Crippen molar-refractivity contribution in [2.75, 3.05) is 6.54 Å². The van der Waals surface area contributed by atoms with E-state index < -0.39 is 0 Å². The van der Waals surface area contributed by atoms with Crippen molar-refractivity contribution in [1.29, 1.82) is 5.26 Å². The number of nitriles is 1. The van der Waals surface area contributed by atoms with E-state index in [4.69, 9.17) is 5.26 Å². The first-order valence-corrected chi connectivity index (χ1v) is 7.13. The van der Waals surface area contributed by atoms with Crippen LogP contribution < -0.4 is 0 Å². The lowest BCUT2D eigenvalue weighted by Gasteiger charge is -2.31. The van der Waals surface area contributed by atoms with Gasteiger partial charge in [-0.05, 0) is 47.9 Å². The highest BCUT2D eigenvalue weighted by atomic mass is 127. The molecule has 1 unspecified atom stereocenters. The molecule has 0 saturated carbocycles. The number of thiophene rings is 1. The largest absolute Gasteiger partial charge is 0.323 e. The fourth-order valence-electron chi connectivity index (χ4n) is 1.90. The summed E-state index contributed by atoms with van der Waals surface area (Å²) in [6, 6.07) is 3.87. The Balaban J connectivity index is 2.17. The number of piperidine rings is 1. The van der Waals surface area contributed by atoms with Crippen LogP contribution in [-0.4, -0.2) is 23.4 Å². The molecular weight excluding hydrogens is 335 g/mol. The second-order valence-corrected chi connectivity index (χ2v) is 6.58. The van der Waals surface area contributed by atoms with Crippen molar-refractivity contribution in [3.8, 4) is 6.07 Å². The van der Waals surface area contributed by atoms with E-state index in [1.807, 2.05) is 11.4 Å². The Bertz CT molecular complexity index is 437. The maximum atomic E-state index is 12.2. The molecule has 0 spiro atoms.